The molecule has 4 heteroatoms. The molecule has 0 aliphatic heterocycles. The van der Waals surface area contributed by atoms with Gasteiger partial charge < -0.3 is 15.0 Å². The number of nitrogens with zero attached hydrogens (tertiary/aromatic N) is 1. The zero-order valence-corrected chi connectivity index (χ0v) is 13.8. The van der Waals surface area contributed by atoms with E-state index in [9.17, 15) is 4.79 Å². The maximum absolute atomic E-state index is 12.7. The minimum atomic E-state index is -0.0206. The molecule has 1 heterocycles. The van der Waals surface area contributed by atoms with E-state index in [1.807, 2.05) is 13.0 Å². The molecule has 0 bridgehead atoms. The predicted molar refractivity (Wildman–Crippen MR) is 90.1 cm³/mol. The molecule has 0 amide bonds. The van der Waals surface area contributed by atoms with E-state index in [1.165, 1.54) is 11.1 Å². The van der Waals surface area contributed by atoms with Gasteiger partial charge in [0, 0.05) is 25.8 Å². The van der Waals surface area contributed by atoms with E-state index in [0.717, 1.165) is 16.8 Å². The van der Waals surface area contributed by atoms with Gasteiger partial charge in [-0.25, -0.2) is 0 Å². The highest BCUT2D eigenvalue weighted by Crippen LogP contribution is 2.23. The van der Waals surface area contributed by atoms with Crippen molar-refractivity contribution in [3.63, 3.8) is 0 Å². The number of benzene rings is 1. The Kier molecular flexibility index (Phi) is 5.16. The molecule has 0 atom stereocenters. The van der Waals surface area contributed by atoms with E-state index >= 15 is 0 Å². The number of aromatic nitrogens is 1. The summed E-state index contributed by atoms with van der Waals surface area (Å²) in [6, 6.07) is 8.31. The fraction of sp³-hybridized carbons (Fsp3) is 0.389. The minimum Gasteiger partial charge on any atom is -0.383 e. The summed E-state index contributed by atoms with van der Waals surface area (Å²) in [5.41, 5.74) is 11.7. The van der Waals surface area contributed by atoms with Crippen molar-refractivity contribution in [1.82, 2.24) is 4.57 Å². The van der Waals surface area contributed by atoms with Gasteiger partial charge in [0.15, 0.2) is 0 Å². The third kappa shape index (κ3) is 3.13. The summed E-state index contributed by atoms with van der Waals surface area (Å²) in [7, 11) is 1.64. The van der Waals surface area contributed by atoms with Gasteiger partial charge in [-0.3, -0.25) is 4.79 Å². The maximum atomic E-state index is 12.7. The SMILES string of the molecule is COCCn1c(-c2ccc(C)c(C)c2)cc(C)c(CN)c1=O. The second-order valence-corrected chi connectivity index (χ2v) is 5.64. The molecule has 1 aromatic carbocycles. The summed E-state index contributed by atoms with van der Waals surface area (Å²) in [5, 5.41) is 0. The van der Waals surface area contributed by atoms with Gasteiger partial charge in [0.1, 0.15) is 0 Å². The van der Waals surface area contributed by atoms with E-state index in [4.69, 9.17) is 10.5 Å². The second-order valence-electron chi connectivity index (χ2n) is 5.64. The van der Waals surface area contributed by atoms with Crippen molar-refractivity contribution in [2.45, 2.75) is 33.9 Å². The van der Waals surface area contributed by atoms with Crippen molar-refractivity contribution in [1.29, 1.82) is 0 Å². The van der Waals surface area contributed by atoms with Crippen LogP contribution in [0.1, 0.15) is 22.3 Å². The Balaban J connectivity index is 2.67. The Labute approximate surface area is 131 Å². The van der Waals surface area contributed by atoms with Crippen LogP contribution in [0, 0.1) is 20.8 Å². The molecule has 0 saturated carbocycles. The Morgan fingerprint density at radius 2 is 1.82 bits per heavy atom. The van der Waals surface area contributed by atoms with Gasteiger partial charge in [0.2, 0.25) is 0 Å². The zero-order chi connectivity index (χ0) is 16.3. The summed E-state index contributed by atoms with van der Waals surface area (Å²) in [6.07, 6.45) is 0. The van der Waals surface area contributed by atoms with E-state index < -0.39 is 0 Å². The monoisotopic (exact) mass is 300 g/mol. The van der Waals surface area contributed by atoms with Gasteiger partial charge in [0.25, 0.3) is 5.56 Å². The van der Waals surface area contributed by atoms with Crippen molar-refractivity contribution < 1.29 is 4.74 Å². The van der Waals surface area contributed by atoms with Gasteiger partial charge in [-0.2, -0.15) is 0 Å². The van der Waals surface area contributed by atoms with Crippen LogP contribution in [0.3, 0.4) is 0 Å². The summed E-state index contributed by atoms with van der Waals surface area (Å²) >= 11 is 0. The fourth-order valence-electron chi connectivity index (χ4n) is 2.60. The van der Waals surface area contributed by atoms with Gasteiger partial charge >= 0.3 is 0 Å². The lowest BCUT2D eigenvalue weighted by molar-refractivity contribution is 0.186. The standard InChI is InChI=1S/C18H24N2O2/c1-12-5-6-15(9-13(12)2)17-10-14(3)16(11-19)18(21)20(17)7-8-22-4/h5-6,9-10H,7-8,11,19H2,1-4H3. The zero-order valence-electron chi connectivity index (χ0n) is 13.8. The van der Waals surface area contributed by atoms with Gasteiger partial charge in [-0.1, -0.05) is 12.1 Å². The molecule has 1 aromatic heterocycles. The van der Waals surface area contributed by atoms with Crippen LogP contribution in [0.4, 0.5) is 0 Å². The van der Waals surface area contributed by atoms with Crippen molar-refractivity contribution in [2.24, 2.45) is 5.73 Å². The van der Waals surface area contributed by atoms with Crippen LogP contribution in [0.5, 0.6) is 0 Å². The highest BCUT2D eigenvalue weighted by Gasteiger charge is 2.13. The van der Waals surface area contributed by atoms with Gasteiger partial charge in [-0.15, -0.1) is 0 Å². The number of pyridine rings is 1. The molecule has 0 unspecified atom stereocenters. The third-order valence-corrected chi connectivity index (χ3v) is 4.15. The molecule has 2 N–H and O–H groups in total. The molecule has 118 valence electrons. The summed E-state index contributed by atoms with van der Waals surface area (Å²) in [5.74, 6) is 0. The van der Waals surface area contributed by atoms with Gasteiger partial charge in [0.05, 0.1) is 12.3 Å². The molecule has 2 rings (SSSR count). The Morgan fingerprint density at radius 1 is 1.09 bits per heavy atom. The smallest absolute Gasteiger partial charge is 0.255 e. The van der Waals surface area contributed by atoms with Crippen LogP contribution in [0.2, 0.25) is 0 Å². The first-order chi connectivity index (χ1) is 10.5. The number of aryl methyl sites for hydroxylation is 3. The molecule has 0 fully saturated rings. The minimum absolute atomic E-state index is 0.0206. The first-order valence-electron chi connectivity index (χ1n) is 7.49. The first-order valence-corrected chi connectivity index (χ1v) is 7.49. The normalized spacial score (nSPS) is 11.0. The number of hydrogen-bond acceptors (Lipinski definition) is 3. The first kappa shape index (κ1) is 16.5. The molecule has 2 aromatic rings. The number of nitrogens with two attached hydrogens (primary N) is 1. The number of methoxy groups -OCH3 is 1. The topological polar surface area (TPSA) is 57.2 Å². The highest BCUT2D eigenvalue weighted by atomic mass is 16.5. The summed E-state index contributed by atoms with van der Waals surface area (Å²) < 4.78 is 6.91. The number of rotatable bonds is 5. The molecular weight excluding hydrogens is 276 g/mol. The van der Waals surface area contributed by atoms with Gasteiger partial charge in [-0.05, 0) is 55.2 Å². The lowest BCUT2D eigenvalue weighted by atomic mass is 10.0. The Morgan fingerprint density at radius 3 is 2.41 bits per heavy atom. The average molecular weight is 300 g/mol. The van der Waals surface area contributed by atoms with E-state index in [1.54, 1.807) is 11.7 Å². The van der Waals surface area contributed by atoms with Crippen molar-refractivity contribution in [2.75, 3.05) is 13.7 Å². The Hall–Kier alpha value is -1.91. The molecule has 22 heavy (non-hydrogen) atoms. The average Bonchev–Trinajstić information content (AvgIpc) is 2.49. The number of hydrogen-bond donors (Lipinski definition) is 1. The lowest BCUT2D eigenvalue weighted by Gasteiger charge is -2.17. The summed E-state index contributed by atoms with van der Waals surface area (Å²) in [6.45, 7) is 7.37. The third-order valence-electron chi connectivity index (χ3n) is 4.15. The van der Waals surface area contributed by atoms with Crippen LogP contribution in [-0.2, 0) is 17.8 Å². The highest BCUT2D eigenvalue weighted by molar-refractivity contribution is 5.63. The molecule has 0 aliphatic rings. The number of ether oxygens (including phenoxy) is 1. The van der Waals surface area contributed by atoms with Crippen molar-refractivity contribution in [3.05, 3.63) is 56.9 Å². The van der Waals surface area contributed by atoms with E-state index in [0.29, 0.717) is 18.7 Å². The molecule has 4 nitrogen and oxygen atoms in total. The molecular formula is C18H24N2O2. The van der Waals surface area contributed by atoms with Crippen LogP contribution in [-0.4, -0.2) is 18.3 Å². The molecule has 0 radical (unpaired) electrons. The Bertz CT molecular complexity index is 733. The van der Waals surface area contributed by atoms with Crippen LogP contribution < -0.4 is 11.3 Å². The quantitative estimate of drug-likeness (QED) is 0.923. The van der Waals surface area contributed by atoms with Crippen molar-refractivity contribution >= 4 is 0 Å². The largest absolute Gasteiger partial charge is 0.383 e. The van der Waals surface area contributed by atoms with E-state index in [2.05, 4.69) is 32.0 Å². The lowest BCUT2D eigenvalue weighted by Crippen LogP contribution is -2.29. The molecule has 0 aliphatic carbocycles. The van der Waals surface area contributed by atoms with Crippen LogP contribution in [0.25, 0.3) is 11.3 Å². The van der Waals surface area contributed by atoms with E-state index in [-0.39, 0.29) is 12.1 Å². The van der Waals surface area contributed by atoms with Crippen LogP contribution >= 0.6 is 0 Å². The maximum Gasteiger partial charge on any atom is 0.255 e. The molecule has 0 saturated heterocycles. The second kappa shape index (κ2) is 6.90. The summed E-state index contributed by atoms with van der Waals surface area (Å²) in [4.78, 5) is 12.7. The fourth-order valence-corrected chi connectivity index (χ4v) is 2.60. The molecule has 0 spiro atoms. The van der Waals surface area contributed by atoms with Crippen molar-refractivity contribution in [3.8, 4) is 11.3 Å². The van der Waals surface area contributed by atoms with Crippen LogP contribution in [0.15, 0.2) is 29.1 Å². The predicted octanol–water partition coefficient (Wildman–Crippen LogP) is 2.55.